The van der Waals surface area contributed by atoms with Crippen LogP contribution in [0.2, 0.25) is 0 Å². The summed E-state index contributed by atoms with van der Waals surface area (Å²) in [6.07, 6.45) is 3.40. The highest BCUT2D eigenvalue weighted by atomic mass is 79.9. The third-order valence-corrected chi connectivity index (χ3v) is 3.89. The van der Waals surface area contributed by atoms with Crippen molar-refractivity contribution in [1.29, 1.82) is 0 Å². The van der Waals surface area contributed by atoms with Crippen LogP contribution in [0.1, 0.15) is 26.8 Å². The lowest BCUT2D eigenvalue weighted by Crippen LogP contribution is -1.93. The summed E-state index contributed by atoms with van der Waals surface area (Å²) in [7, 11) is 0. The zero-order valence-electron chi connectivity index (χ0n) is 9.49. The Bertz CT molecular complexity index is 578. The Hall–Kier alpha value is -1.13. The Morgan fingerprint density at radius 2 is 2.18 bits per heavy atom. The molecule has 0 fully saturated rings. The van der Waals surface area contributed by atoms with E-state index in [1.165, 1.54) is 0 Å². The molecule has 0 bridgehead atoms. The molecule has 0 aliphatic carbocycles. The van der Waals surface area contributed by atoms with E-state index in [-0.39, 0.29) is 5.78 Å². The number of carbonyl (C=O) groups is 1. The summed E-state index contributed by atoms with van der Waals surface area (Å²) in [5.74, 6) is 1.41. The number of carbonyl (C=O) groups excluding carboxylic acids is 1. The van der Waals surface area contributed by atoms with Gasteiger partial charge in [-0.3, -0.25) is 4.79 Å². The van der Waals surface area contributed by atoms with Crippen LogP contribution in [0.3, 0.4) is 0 Å². The van der Waals surface area contributed by atoms with E-state index in [0.717, 1.165) is 14.4 Å². The maximum absolute atomic E-state index is 11.9. The third-order valence-electron chi connectivity index (χ3n) is 2.30. The second kappa shape index (κ2) is 5.02. The Labute approximate surface area is 112 Å². The molecule has 0 saturated heterocycles. The second-order valence-electron chi connectivity index (χ2n) is 3.67. The monoisotopic (exact) mass is 310 g/mol. The SMILES string of the molecule is Cc1cc(C(=O)/C=C/c2ccc(Br)s2)c(C)o1. The topological polar surface area (TPSA) is 30.2 Å². The van der Waals surface area contributed by atoms with Gasteiger partial charge in [-0.1, -0.05) is 0 Å². The van der Waals surface area contributed by atoms with Crippen molar-refractivity contribution >= 4 is 39.1 Å². The lowest BCUT2D eigenvalue weighted by Gasteiger charge is -1.90. The van der Waals surface area contributed by atoms with Gasteiger partial charge < -0.3 is 4.42 Å². The largest absolute Gasteiger partial charge is 0.466 e. The number of allylic oxidation sites excluding steroid dienone is 1. The standard InChI is InChI=1S/C13H11BrO2S/c1-8-7-11(9(2)16-8)12(15)5-3-10-4-6-13(14)17-10/h3-7H,1-2H3/b5-3+. The number of furan rings is 1. The summed E-state index contributed by atoms with van der Waals surface area (Å²) >= 11 is 4.97. The molecular weight excluding hydrogens is 300 g/mol. The van der Waals surface area contributed by atoms with E-state index < -0.39 is 0 Å². The summed E-state index contributed by atoms with van der Waals surface area (Å²) < 4.78 is 6.39. The van der Waals surface area contributed by atoms with Crippen molar-refractivity contribution in [1.82, 2.24) is 0 Å². The minimum atomic E-state index is -0.0242. The Kier molecular flexibility index (Phi) is 3.64. The van der Waals surface area contributed by atoms with Gasteiger partial charge in [-0.05, 0) is 60.1 Å². The van der Waals surface area contributed by atoms with Crippen LogP contribution in [0.25, 0.3) is 6.08 Å². The van der Waals surface area contributed by atoms with E-state index in [1.54, 1.807) is 30.4 Å². The van der Waals surface area contributed by atoms with Crippen LogP contribution in [0.4, 0.5) is 0 Å². The molecule has 0 saturated carbocycles. The highest BCUT2D eigenvalue weighted by molar-refractivity contribution is 9.11. The number of halogens is 1. The molecule has 17 heavy (non-hydrogen) atoms. The Balaban J connectivity index is 2.17. The molecule has 2 rings (SSSR count). The zero-order valence-corrected chi connectivity index (χ0v) is 11.9. The van der Waals surface area contributed by atoms with E-state index in [4.69, 9.17) is 4.42 Å². The highest BCUT2D eigenvalue weighted by Gasteiger charge is 2.10. The number of hydrogen-bond acceptors (Lipinski definition) is 3. The fourth-order valence-electron chi connectivity index (χ4n) is 1.54. The first-order valence-corrected chi connectivity index (χ1v) is 6.72. The van der Waals surface area contributed by atoms with Crippen molar-refractivity contribution in [2.45, 2.75) is 13.8 Å². The number of hydrogen-bond donors (Lipinski definition) is 0. The maximum Gasteiger partial charge on any atom is 0.189 e. The molecule has 0 atom stereocenters. The average molecular weight is 311 g/mol. The van der Waals surface area contributed by atoms with Crippen molar-refractivity contribution in [2.75, 3.05) is 0 Å². The first-order chi connectivity index (χ1) is 8.06. The number of rotatable bonds is 3. The van der Waals surface area contributed by atoms with Crippen molar-refractivity contribution < 1.29 is 9.21 Å². The average Bonchev–Trinajstić information content (AvgIpc) is 2.81. The van der Waals surface area contributed by atoms with Crippen molar-refractivity contribution in [3.05, 3.63) is 50.0 Å². The lowest BCUT2D eigenvalue weighted by molar-refractivity contribution is 0.104. The zero-order chi connectivity index (χ0) is 12.4. The fraction of sp³-hybridized carbons (Fsp3) is 0.154. The first kappa shape index (κ1) is 12.3. The summed E-state index contributed by atoms with van der Waals surface area (Å²) in [6, 6.07) is 5.69. The van der Waals surface area contributed by atoms with Gasteiger partial charge in [0.05, 0.1) is 9.35 Å². The van der Waals surface area contributed by atoms with Gasteiger partial charge in [0.2, 0.25) is 0 Å². The minimum absolute atomic E-state index is 0.0242. The predicted octanol–water partition coefficient (Wildman–Crippen LogP) is 4.62. The van der Waals surface area contributed by atoms with Crippen molar-refractivity contribution in [3.63, 3.8) is 0 Å². The third kappa shape index (κ3) is 2.96. The van der Waals surface area contributed by atoms with Crippen LogP contribution in [0.5, 0.6) is 0 Å². The fourth-order valence-corrected chi connectivity index (χ4v) is 2.87. The van der Waals surface area contributed by atoms with E-state index >= 15 is 0 Å². The van der Waals surface area contributed by atoms with Crippen LogP contribution in [0, 0.1) is 13.8 Å². The molecule has 4 heteroatoms. The van der Waals surface area contributed by atoms with Gasteiger partial charge in [0.25, 0.3) is 0 Å². The molecule has 0 radical (unpaired) electrons. The normalized spacial score (nSPS) is 11.2. The van der Waals surface area contributed by atoms with Crippen LogP contribution in [-0.4, -0.2) is 5.78 Å². The quantitative estimate of drug-likeness (QED) is 0.612. The van der Waals surface area contributed by atoms with Gasteiger partial charge in [0.15, 0.2) is 5.78 Å². The molecule has 0 N–H and O–H groups in total. The molecule has 2 heterocycles. The smallest absolute Gasteiger partial charge is 0.189 e. The summed E-state index contributed by atoms with van der Waals surface area (Å²) in [6.45, 7) is 3.64. The summed E-state index contributed by atoms with van der Waals surface area (Å²) in [4.78, 5) is 12.9. The van der Waals surface area contributed by atoms with Crippen LogP contribution >= 0.6 is 27.3 Å². The maximum atomic E-state index is 11.9. The predicted molar refractivity (Wildman–Crippen MR) is 73.6 cm³/mol. The Morgan fingerprint density at radius 3 is 2.71 bits per heavy atom. The number of thiophene rings is 1. The van der Waals surface area contributed by atoms with E-state index in [2.05, 4.69) is 15.9 Å². The molecule has 88 valence electrons. The van der Waals surface area contributed by atoms with Crippen molar-refractivity contribution in [2.24, 2.45) is 0 Å². The summed E-state index contributed by atoms with van der Waals surface area (Å²) in [5, 5.41) is 0. The molecule has 0 aromatic carbocycles. The highest BCUT2D eigenvalue weighted by Crippen LogP contribution is 2.23. The van der Waals surface area contributed by atoms with Gasteiger partial charge >= 0.3 is 0 Å². The van der Waals surface area contributed by atoms with E-state index in [9.17, 15) is 4.79 Å². The van der Waals surface area contributed by atoms with Gasteiger partial charge in [-0.15, -0.1) is 11.3 Å². The molecule has 2 aromatic heterocycles. The minimum Gasteiger partial charge on any atom is -0.466 e. The molecule has 0 aliphatic rings. The number of ketones is 1. The van der Waals surface area contributed by atoms with Gasteiger partial charge in [0.1, 0.15) is 11.5 Å². The first-order valence-electron chi connectivity index (χ1n) is 5.11. The molecular formula is C13H11BrO2S. The molecule has 0 unspecified atom stereocenters. The van der Waals surface area contributed by atoms with Crippen LogP contribution in [0.15, 0.2) is 32.5 Å². The molecule has 0 spiro atoms. The van der Waals surface area contributed by atoms with Crippen LogP contribution in [-0.2, 0) is 0 Å². The molecule has 2 nitrogen and oxygen atoms in total. The van der Waals surface area contributed by atoms with Crippen LogP contribution < -0.4 is 0 Å². The van der Waals surface area contributed by atoms with E-state index in [1.807, 2.05) is 25.1 Å². The lowest BCUT2D eigenvalue weighted by atomic mass is 10.1. The summed E-state index contributed by atoms with van der Waals surface area (Å²) in [5.41, 5.74) is 0.634. The number of aryl methyl sites for hydroxylation is 2. The van der Waals surface area contributed by atoms with E-state index in [0.29, 0.717) is 11.3 Å². The molecule has 0 aliphatic heterocycles. The van der Waals surface area contributed by atoms with Crippen molar-refractivity contribution in [3.8, 4) is 0 Å². The molecule has 0 amide bonds. The second-order valence-corrected chi connectivity index (χ2v) is 6.16. The van der Waals surface area contributed by atoms with Gasteiger partial charge in [0, 0.05) is 4.88 Å². The Morgan fingerprint density at radius 1 is 1.41 bits per heavy atom. The molecule has 2 aromatic rings. The van der Waals surface area contributed by atoms with Gasteiger partial charge in [-0.25, -0.2) is 0 Å². The van der Waals surface area contributed by atoms with Gasteiger partial charge in [-0.2, -0.15) is 0 Å².